The molecule has 1 unspecified atom stereocenters. The topological polar surface area (TPSA) is 65.1 Å². The quantitative estimate of drug-likeness (QED) is 0.582. The van der Waals surface area contributed by atoms with E-state index in [0.717, 1.165) is 26.2 Å². The fraction of sp³-hybridized carbons (Fsp3) is 0.875. The van der Waals surface area contributed by atoms with Gasteiger partial charge in [-0.3, -0.25) is 4.90 Å². The second-order valence-corrected chi connectivity index (χ2v) is 3.13. The van der Waals surface area contributed by atoms with Crippen molar-refractivity contribution in [2.45, 2.75) is 19.0 Å². The van der Waals surface area contributed by atoms with Gasteiger partial charge in [0.2, 0.25) is 0 Å². The minimum atomic E-state index is -0.748. The zero-order chi connectivity index (χ0) is 9.03. The lowest BCUT2D eigenvalue weighted by atomic mass is 10.1. The van der Waals surface area contributed by atoms with Gasteiger partial charge in [-0.15, -0.1) is 0 Å². The van der Waals surface area contributed by atoms with Crippen LogP contribution in [-0.4, -0.2) is 36.7 Å². The number of hydrogen-bond donors (Lipinski definition) is 2. The Hall–Kier alpha value is -0.630. The Bertz CT molecular complexity index is 180. The molecule has 0 aliphatic carbocycles. The average molecular weight is 168 g/mol. The zero-order valence-corrected chi connectivity index (χ0v) is 7.51. The summed E-state index contributed by atoms with van der Waals surface area (Å²) in [4.78, 5) is 2.05. The lowest BCUT2D eigenvalue weighted by Gasteiger charge is -2.37. The van der Waals surface area contributed by atoms with Gasteiger partial charge in [0.05, 0.1) is 0 Å². The van der Waals surface area contributed by atoms with E-state index < -0.39 is 5.66 Å². The number of nitriles is 1. The molecule has 0 aromatic rings. The molecule has 0 amide bonds. The molecule has 1 rings (SSSR count). The van der Waals surface area contributed by atoms with Gasteiger partial charge in [-0.25, -0.2) is 0 Å². The van der Waals surface area contributed by atoms with E-state index in [2.05, 4.69) is 11.4 Å². The van der Waals surface area contributed by atoms with Gasteiger partial charge in [0.1, 0.15) is 6.07 Å². The summed E-state index contributed by atoms with van der Waals surface area (Å²) in [5.41, 5.74) is 5.16. The maximum Gasteiger partial charge on any atom is 0.158 e. The molecule has 1 aliphatic heterocycles. The SMILES string of the molecule is CCC(N)(C#N)N1CCNCC1. The first-order valence-corrected chi connectivity index (χ1v) is 4.39. The van der Waals surface area contributed by atoms with Crippen molar-refractivity contribution in [3.63, 3.8) is 0 Å². The Kier molecular flexibility index (Phi) is 3.04. The Morgan fingerprint density at radius 3 is 2.58 bits per heavy atom. The molecule has 0 bridgehead atoms. The molecular formula is C8H16N4. The predicted octanol–water partition coefficient (Wildman–Crippen LogP) is -0.520. The summed E-state index contributed by atoms with van der Waals surface area (Å²) in [7, 11) is 0. The highest BCUT2D eigenvalue weighted by Gasteiger charge is 2.31. The maximum atomic E-state index is 8.90. The molecule has 1 fully saturated rings. The van der Waals surface area contributed by atoms with Crippen molar-refractivity contribution in [3.05, 3.63) is 0 Å². The van der Waals surface area contributed by atoms with Crippen LogP contribution in [0, 0.1) is 11.3 Å². The van der Waals surface area contributed by atoms with Crippen molar-refractivity contribution in [1.82, 2.24) is 10.2 Å². The highest BCUT2D eigenvalue weighted by Crippen LogP contribution is 2.12. The molecule has 12 heavy (non-hydrogen) atoms. The van der Waals surface area contributed by atoms with E-state index in [1.165, 1.54) is 0 Å². The van der Waals surface area contributed by atoms with Crippen molar-refractivity contribution >= 4 is 0 Å². The lowest BCUT2D eigenvalue weighted by molar-refractivity contribution is 0.119. The van der Waals surface area contributed by atoms with Crippen LogP contribution in [0.2, 0.25) is 0 Å². The van der Waals surface area contributed by atoms with Gasteiger partial charge in [0, 0.05) is 26.2 Å². The molecule has 0 radical (unpaired) electrons. The van der Waals surface area contributed by atoms with Gasteiger partial charge in [0.25, 0.3) is 0 Å². The van der Waals surface area contributed by atoms with Crippen molar-refractivity contribution in [1.29, 1.82) is 5.26 Å². The Balaban J connectivity index is 2.59. The fourth-order valence-electron chi connectivity index (χ4n) is 1.44. The number of hydrogen-bond acceptors (Lipinski definition) is 4. The predicted molar refractivity (Wildman–Crippen MR) is 47.3 cm³/mol. The van der Waals surface area contributed by atoms with E-state index in [9.17, 15) is 0 Å². The molecule has 4 nitrogen and oxygen atoms in total. The highest BCUT2D eigenvalue weighted by atomic mass is 15.3. The summed E-state index contributed by atoms with van der Waals surface area (Å²) in [5.74, 6) is 0. The molecule has 1 atom stereocenters. The summed E-state index contributed by atoms with van der Waals surface area (Å²) in [6, 6.07) is 2.17. The molecule has 1 heterocycles. The van der Waals surface area contributed by atoms with Gasteiger partial charge in [-0.1, -0.05) is 6.92 Å². The van der Waals surface area contributed by atoms with E-state index in [1.807, 2.05) is 11.8 Å². The molecule has 1 saturated heterocycles. The molecule has 1 aliphatic rings. The highest BCUT2D eigenvalue weighted by molar-refractivity contribution is 5.03. The second-order valence-electron chi connectivity index (χ2n) is 3.13. The van der Waals surface area contributed by atoms with Crippen LogP contribution < -0.4 is 11.1 Å². The van der Waals surface area contributed by atoms with Crippen molar-refractivity contribution in [2.24, 2.45) is 5.73 Å². The van der Waals surface area contributed by atoms with Gasteiger partial charge >= 0.3 is 0 Å². The van der Waals surface area contributed by atoms with Crippen LogP contribution >= 0.6 is 0 Å². The normalized spacial score (nSPS) is 24.4. The smallest absolute Gasteiger partial charge is 0.158 e. The van der Waals surface area contributed by atoms with Crippen molar-refractivity contribution < 1.29 is 0 Å². The fourth-order valence-corrected chi connectivity index (χ4v) is 1.44. The number of nitrogens with one attached hydrogen (secondary N) is 1. The molecule has 0 saturated carbocycles. The maximum absolute atomic E-state index is 8.90. The standard InChI is InChI=1S/C8H16N4/c1-2-8(10,7-9)12-5-3-11-4-6-12/h11H,2-6,10H2,1H3. The molecule has 0 spiro atoms. The minimum absolute atomic E-state index is 0.684. The van der Waals surface area contributed by atoms with Crippen LogP contribution in [-0.2, 0) is 0 Å². The van der Waals surface area contributed by atoms with Crippen molar-refractivity contribution in [2.75, 3.05) is 26.2 Å². The molecular weight excluding hydrogens is 152 g/mol. The second kappa shape index (κ2) is 3.85. The Morgan fingerprint density at radius 2 is 2.17 bits per heavy atom. The number of nitrogens with zero attached hydrogens (tertiary/aromatic N) is 2. The van der Waals surface area contributed by atoms with E-state index in [-0.39, 0.29) is 0 Å². The Labute approximate surface area is 73.3 Å². The van der Waals surface area contributed by atoms with Crippen LogP contribution in [0.4, 0.5) is 0 Å². The summed E-state index contributed by atoms with van der Waals surface area (Å²) >= 11 is 0. The number of rotatable bonds is 2. The first-order valence-electron chi connectivity index (χ1n) is 4.39. The van der Waals surface area contributed by atoms with Crippen LogP contribution in [0.1, 0.15) is 13.3 Å². The summed E-state index contributed by atoms with van der Waals surface area (Å²) in [5, 5.41) is 12.1. The first kappa shape index (κ1) is 9.46. The van der Waals surface area contributed by atoms with Crippen LogP contribution in [0.25, 0.3) is 0 Å². The van der Waals surface area contributed by atoms with E-state index in [0.29, 0.717) is 6.42 Å². The third-order valence-corrected chi connectivity index (χ3v) is 2.41. The minimum Gasteiger partial charge on any atom is -0.314 e. The number of nitrogens with two attached hydrogens (primary N) is 1. The third kappa shape index (κ3) is 1.75. The molecule has 3 N–H and O–H groups in total. The molecule has 0 aromatic heterocycles. The van der Waals surface area contributed by atoms with Crippen LogP contribution in [0.15, 0.2) is 0 Å². The molecule has 4 heteroatoms. The monoisotopic (exact) mass is 168 g/mol. The lowest BCUT2D eigenvalue weighted by Crippen LogP contribution is -2.60. The van der Waals surface area contributed by atoms with E-state index in [1.54, 1.807) is 0 Å². The zero-order valence-electron chi connectivity index (χ0n) is 7.51. The summed E-state index contributed by atoms with van der Waals surface area (Å²) in [6.07, 6.45) is 0.684. The molecule has 0 aromatic carbocycles. The Morgan fingerprint density at radius 1 is 1.58 bits per heavy atom. The van der Waals surface area contributed by atoms with Crippen LogP contribution in [0.3, 0.4) is 0 Å². The van der Waals surface area contributed by atoms with E-state index >= 15 is 0 Å². The third-order valence-electron chi connectivity index (χ3n) is 2.41. The van der Waals surface area contributed by atoms with Gasteiger partial charge in [-0.2, -0.15) is 5.26 Å². The van der Waals surface area contributed by atoms with Crippen LogP contribution in [0.5, 0.6) is 0 Å². The van der Waals surface area contributed by atoms with Gasteiger partial charge in [0.15, 0.2) is 5.66 Å². The first-order chi connectivity index (χ1) is 5.73. The van der Waals surface area contributed by atoms with E-state index in [4.69, 9.17) is 11.0 Å². The van der Waals surface area contributed by atoms with Gasteiger partial charge < -0.3 is 11.1 Å². The summed E-state index contributed by atoms with van der Waals surface area (Å²) in [6.45, 7) is 5.56. The van der Waals surface area contributed by atoms with Gasteiger partial charge in [-0.05, 0) is 6.42 Å². The molecule has 68 valence electrons. The largest absolute Gasteiger partial charge is 0.314 e. The number of piperazine rings is 1. The summed E-state index contributed by atoms with van der Waals surface area (Å²) < 4.78 is 0. The van der Waals surface area contributed by atoms with Crippen molar-refractivity contribution in [3.8, 4) is 6.07 Å². The average Bonchev–Trinajstić information content (AvgIpc) is 2.18.